The Bertz CT molecular complexity index is 356. The van der Waals surface area contributed by atoms with Crippen molar-refractivity contribution in [3.63, 3.8) is 0 Å². The van der Waals surface area contributed by atoms with Crippen molar-refractivity contribution in [3.05, 3.63) is 29.3 Å². The first-order valence-corrected chi connectivity index (χ1v) is 6.30. The van der Waals surface area contributed by atoms with Crippen molar-refractivity contribution in [1.29, 1.82) is 0 Å². The van der Waals surface area contributed by atoms with Crippen LogP contribution in [0.4, 0.5) is 5.69 Å². The van der Waals surface area contributed by atoms with E-state index in [1.54, 1.807) is 7.11 Å². The van der Waals surface area contributed by atoms with E-state index in [9.17, 15) is 0 Å². The Hall–Kier alpha value is -1.10. The molecular formula is C14H24N2O2. The number of methoxy groups -OCH3 is 1. The highest BCUT2D eigenvalue weighted by Crippen LogP contribution is 2.19. The third-order valence-corrected chi connectivity index (χ3v) is 2.92. The Morgan fingerprint density at radius 2 is 2.17 bits per heavy atom. The van der Waals surface area contributed by atoms with Crippen molar-refractivity contribution in [3.8, 4) is 0 Å². The first-order chi connectivity index (χ1) is 8.69. The van der Waals surface area contributed by atoms with Gasteiger partial charge in [-0.3, -0.25) is 0 Å². The second-order valence-electron chi connectivity index (χ2n) is 4.44. The molecular weight excluding hydrogens is 228 g/mol. The molecule has 1 rings (SSSR count). The van der Waals surface area contributed by atoms with Crippen LogP contribution in [0.25, 0.3) is 0 Å². The zero-order valence-electron chi connectivity index (χ0n) is 11.6. The molecule has 0 fully saturated rings. The predicted octanol–water partition coefficient (Wildman–Crippen LogP) is 1.16. The summed E-state index contributed by atoms with van der Waals surface area (Å²) in [6.45, 7) is 5.39. The summed E-state index contributed by atoms with van der Waals surface area (Å²) in [6, 6.07) is 6.41. The average molecular weight is 252 g/mol. The molecule has 0 aliphatic heterocycles. The molecule has 4 heteroatoms. The average Bonchev–Trinajstić information content (AvgIpc) is 2.35. The van der Waals surface area contributed by atoms with Crippen LogP contribution in [0, 0.1) is 6.92 Å². The lowest BCUT2D eigenvalue weighted by Crippen LogP contribution is -2.22. The van der Waals surface area contributed by atoms with Gasteiger partial charge in [0.25, 0.3) is 0 Å². The molecule has 0 radical (unpaired) electrons. The van der Waals surface area contributed by atoms with Crippen LogP contribution in [-0.2, 0) is 11.3 Å². The first kappa shape index (κ1) is 15.0. The van der Waals surface area contributed by atoms with E-state index >= 15 is 0 Å². The molecule has 0 heterocycles. The lowest BCUT2D eigenvalue weighted by Gasteiger charge is -2.21. The van der Waals surface area contributed by atoms with Gasteiger partial charge in [-0.15, -0.1) is 0 Å². The third-order valence-electron chi connectivity index (χ3n) is 2.92. The molecule has 18 heavy (non-hydrogen) atoms. The maximum Gasteiger partial charge on any atom is 0.0606 e. The smallest absolute Gasteiger partial charge is 0.0606 e. The van der Waals surface area contributed by atoms with Gasteiger partial charge < -0.3 is 20.1 Å². The van der Waals surface area contributed by atoms with Gasteiger partial charge in [-0.25, -0.2) is 0 Å². The van der Waals surface area contributed by atoms with Crippen molar-refractivity contribution < 1.29 is 9.84 Å². The second-order valence-corrected chi connectivity index (χ2v) is 4.44. The van der Waals surface area contributed by atoms with Gasteiger partial charge in [0.15, 0.2) is 0 Å². The van der Waals surface area contributed by atoms with E-state index in [1.807, 2.05) is 7.05 Å². The monoisotopic (exact) mass is 252 g/mol. The Labute approximate surface area is 110 Å². The zero-order chi connectivity index (χ0) is 13.4. The van der Waals surface area contributed by atoms with Crippen molar-refractivity contribution >= 4 is 5.69 Å². The molecule has 0 saturated heterocycles. The standard InChI is InChI=1S/C14H24N2O2/c1-12-10-13(11-15-6-9-18-3)4-5-14(12)16(2)7-8-17/h4-5,10,15,17H,6-9,11H2,1-3H3. The molecule has 0 atom stereocenters. The number of nitrogens with zero attached hydrogens (tertiary/aromatic N) is 1. The molecule has 0 aliphatic rings. The normalized spacial score (nSPS) is 10.7. The molecule has 0 spiro atoms. The quantitative estimate of drug-likeness (QED) is 0.682. The number of aliphatic hydroxyl groups excluding tert-OH is 1. The highest BCUT2D eigenvalue weighted by atomic mass is 16.5. The second kappa shape index (κ2) is 8.08. The summed E-state index contributed by atoms with van der Waals surface area (Å²) < 4.78 is 4.99. The van der Waals surface area contributed by atoms with Crippen LogP contribution in [0.5, 0.6) is 0 Å². The minimum Gasteiger partial charge on any atom is -0.395 e. The number of hydrogen-bond donors (Lipinski definition) is 2. The minimum absolute atomic E-state index is 0.177. The molecule has 0 bridgehead atoms. The molecule has 0 amide bonds. The highest BCUT2D eigenvalue weighted by molar-refractivity contribution is 5.53. The van der Waals surface area contributed by atoms with Crippen molar-refractivity contribution in [1.82, 2.24) is 5.32 Å². The number of nitrogens with one attached hydrogen (secondary N) is 1. The number of ether oxygens (including phenoxy) is 1. The lowest BCUT2D eigenvalue weighted by atomic mass is 10.1. The topological polar surface area (TPSA) is 44.7 Å². The third kappa shape index (κ3) is 4.64. The Kier molecular flexibility index (Phi) is 6.72. The molecule has 4 nitrogen and oxygen atoms in total. The van der Waals surface area contributed by atoms with E-state index in [1.165, 1.54) is 16.8 Å². The summed E-state index contributed by atoms with van der Waals surface area (Å²) in [5, 5.41) is 12.3. The summed E-state index contributed by atoms with van der Waals surface area (Å²) in [6.07, 6.45) is 0. The van der Waals surface area contributed by atoms with Gasteiger partial charge in [0.05, 0.1) is 13.2 Å². The van der Waals surface area contributed by atoms with Gasteiger partial charge in [0.2, 0.25) is 0 Å². The first-order valence-electron chi connectivity index (χ1n) is 6.30. The largest absolute Gasteiger partial charge is 0.395 e. The summed E-state index contributed by atoms with van der Waals surface area (Å²) >= 11 is 0. The van der Waals surface area contributed by atoms with Gasteiger partial charge >= 0.3 is 0 Å². The van der Waals surface area contributed by atoms with E-state index in [4.69, 9.17) is 9.84 Å². The maximum atomic E-state index is 8.95. The van der Waals surface area contributed by atoms with Gasteiger partial charge in [0.1, 0.15) is 0 Å². The van der Waals surface area contributed by atoms with Crippen molar-refractivity contribution in [2.45, 2.75) is 13.5 Å². The maximum absolute atomic E-state index is 8.95. The SMILES string of the molecule is COCCNCc1ccc(N(C)CCO)c(C)c1. The summed E-state index contributed by atoms with van der Waals surface area (Å²) in [5.74, 6) is 0. The van der Waals surface area contributed by atoms with E-state index in [2.05, 4.69) is 35.3 Å². The minimum atomic E-state index is 0.177. The van der Waals surface area contributed by atoms with E-state index in [0.29, 0.717) is 6.54 Å². The zero-order valence-corrected chi connectivity index (χ0v) is 11.6. The van der Waals surface area contributed by atoms with Crippen LogP contribution in [0.1, 0.15) is 11.1 Å². The summed E-state index contributed by atoms with van der Waals surface area (Å²) in [4.78, 5) is 2.07. The van der Waals surface area contributed by atoms with Crippen LogP contribution >= 0.6 is 0 Å². The fraction of sp³-hybridized carbons (Fsp3) is 0.571. The Balaban J connectivity index is 2.56. The van der Waals surface area contributed by atoms with Crippen molar-refractivity contribution in [2.75, 3.05) is 45.4 Å². The number of aliphatic hydroxyl groups is 1. The molecule has 0 aromatic heterocycles. The molecule has 0 saturated carbocycles. The number of aryl methyl sites for hydroxylation is 1. The van der Waals surface area contributed by atoms with Crippen LogP contribution in [0.15, 0.2) is 18.2 Å². The van der Waals surface area contributed by atoms with Crippen LogP contribution < -0.4 is 10.2 Å². The van der Waals surface area contributed by atoms with E-state index in [-0.39, 0.29) is 6.61 Å². The lowest BCUT2D eigenvalue weighted by molar-refractivity contribution is 0.199. The summed E-state index contributed by atoms with van der Waals surface area (Å²) in [7, 11) is 3.70. The van der Waals surface area contributed by atoms with E-state index < -0.39 is 0 Å². The molecule has 0 unspecified atom stereocenters. The van der Waals surface area contributed by atoms with Crippen LogP contribution in [0.2, 0.25) is 0 Å². The van der Waals surface area contributed by atoms with E-state index in [0.717, 1.165) is 19.7 Å². The highest BCUT2D eigenvalue weighted by Gasteiger charge is 2.04. The summed E-state index contributed by atoms with van der Waals surface area (Å²) in [5.41, 5.74) is 3.67. The molecule has 102 valence electrons. The predicted molar refractivity (Wildman–Crippen MR) is 75.1 cm³/mol. The number of rotatable bonds is 8. The fourth-order valence-electron chi connectivity index (χ4n) is 1.93. The van der Waals surface area contributed by atoms with Crippen LogP contribution in [-0.4, -0.2) is 45.6 Å². The van der Waals surface area contributed by atoms with Gasteiger partial charge in [-0.2, -0.15) is 0 Å². The number of likely N-dealkylation sites (N-methyl/N-ethyl adjacent to an activating group) is 1. The van der Waals surface area contributed by atoms with Crippen molar-refractivity contribution in [2.24, 2.45) is 0 Å². The van der Waals surface area contributed by atoms with Gasteiger partial charge in [-0.1, -0.05) is 12.1 Å². The number of hydrogen-bond acceptors (Lipinski definition) is 4. The number of benzene rings is 1. The molecule has 2 N–H and O–H groups in total. The van der Waals surface area contributed by atoms with Gasteiger partial charge in [0, 0.05) is 39.5 Å². The van der Waals surface area contributed by atoms with Gasteiger partial charge in [-0.05, 0) is 24.1 Å². The molecule has 0 aliphatic carbocycles. The Morgan fingerprint density at radius 1 is 1.39 bits per heavy atom. The number of anilines is 1. The Morgan fingerprint density at radius 3 is 2.78 bits per heavy atom. The molecule has 1 aromatic rings. The fourth-order valence-corrected chi connectivity index (χ4v) is 1.93. The van der Waals surface area contributed by atoms with Crippen LogP contribution in [0.3, 0.4) is 0 Å². The molecule has 1 aromatic carbocycles.